The summed E-state index contributed by atoms with van der Waals surface area (Å²) >= 11 is 0. The van der Waals surface area contributed by atoms with E-state index in [1.54, 1.807) is 18.9 Å². The molecule has 29 heavy (non-hydrogen) atoms. The Kier molecular flexibility index (Phi) is 8.25. The number of carbonyl (C=O) groups excluding carboxylic acids is 2. The normalized spacial score (nSPS) is 10.7. The van der Waals surface area contributed by atoms with Crippen molar-refractivity contribution in [1.82, 2.24) is 4.90 Å². The van der Waals surface area contributed by atoms with Gasteiger partial charge in [0.05, 0.1) is 7.11 Å². The lowest BCUT2D eigenvalue weighted by atomic mass is 9.98. The minimum absolute atomic E-state index is 0.0357. The number of methoxy groups -OCH3 is 1. The molecule has 0 spiro atoms. The zero-order chi connectivity index (χ0) is 21.4. The average Bonchev–Trinajstić information content (AvgIpc) is 2.69. The Labute approximate surface area is 174 Å². The molecule has 0 unspecified atom stereocenters. The molecule has 0 atom stereocenters. The molecule has 2 aromatic rings. The number of hydrogen-bond acceptors (Lipinski definition) is 3. The Bertz CT molecular complexity index is 846. The summed E-state index contributed by atoms with van der Waals surface area (Å²) in [5.74, 6) is 1.02. The van der Waals surface area contributed by atoms with Crippen LogP contribution in [0.2, 0.25) is 0 Å². The number of nitrogens with zero attached hydrogens (tertiary/aromatic N) is 1. The van der Waals surface area contributed by atoms with Crippen molar-refractivity contribution in [2.75, 3.05) is 25.5 Å². The molecule has 2 amide bonds. The molecular formula is C24H32N2O3. The van der Waals surface area contributed by atoms with Crippen molar-refractivity contribution in [3.8, 4) is 5.75 Å². The molecule has 0 bridgehead atoms. The average molecular weight is 397 g/mol. The Morgan fingerprint density at radius 3 is 2.45 bits per heavy atom. The van der Waals surface area contributed by atoms with E-state index >= 15 is 0 Å². The standard InChI is InChI=1S/C24H32N2O3/c1-17(2)21-11-8-9-18(3)24(21)25-23(28)14-16-26(19(4)27)15-13-20-10-6-7-12-22(20)29-5/h6-12,17H,13-16H2,1-5H3,(H,25,28). The summed E-state index contributed by atoms with van der Waals surface area (Å²) in [6, 6.07) is 13.8. The summed E-state index contributed by atoms with van der Waals surface area (Å²) in [5.41, 5.74) is 4.10. The first-order valence-corrected chi connectivity index (χ1v) is 10.1. The predicted molar refractivity (Wildman–Crippen MR) is 117 cm³/mol. The van der Waals surface area contributed by atoms with Gasteiger partial charge in [0, 0.05) is 32.1 Å². The molecule has 0 fully saturated rings. The first kappa shape index (κ1) is 22.5. The molecule has 0 saturated heterocycles. The summed E-state index contributed by atoms with van der Waals surface area (Å²) in [7, 11) is 1.64. The number of hydrogen-bond donors (Lipinski definition) is 1. The molecule has 0 aliphatic heterocycles. The van der Waals surface area contributed by atoms with Crippen LogP contribution in [-0.4, -0.2) is 36.9 Å². The van der Waals surface area contributed by atoms with Crippen molar-refractivity contribution in [2.45, 2.75) is 46.5 Å². The fourth-order valence-corrected chi connectivity index (χ4v) is 3.37. The maximum atomic E-state index is 12.6. The molecule has 0 heterocycles. The summed E-state index contributed by atoms with van der Waals surface area (Å²) in [4.78, 5) is 26.3. The number of aryl methyl sites for hydroxylation is 1. The second-order valence-electron chi connectivity index (χ2n) is 7.56. The number of rotatable bonds is 9. The number of ether oxygens (including phenoxy) is 1. The number of amides is 2. The van der Waals surface area contributed by atoms with Crippen molar-refractivity contribution in [1.29, 1.82) is 0 Å². The highest BCUT2D eigenvalue weighted by atomic mass is 16.5. The Balaban J connectivity index is 1.97. The summed E-state index contributed by atoms with van der Waals surface area (Å²) in [6.07, 6.45) is 0.942. The number of nitrogens with one attached hydrogen (secondary N) is 1. The van der Waals surface area contributed by atoms with Crippen LogP contribution in [0.1, 0.15) is 49.8 Å². The highest BCUT2D eigenvalue weighted by Crippen LogP contribution is 2.27. The fraction of sp³-hybridized carbons (Fsp3) is 0.417. The van der Waals surface area contributed by atoms with Gasteiger partial charge in [0.1, 0.15) is 5.75 Å². The van der Waals surface area contributed by atoms with E-state index in [0.29, 0.717) is 25.4 Å². The maximum absolute atomic E-state index is 12.6. The largest absolute Gasteiger partial charge is 0.496 e. The third-order valence-electron chi connectivity index (χ3n) is 5.09. The molecule has 156 valence electrons. The van der Waals surface area contributed by atoms with Gasteiger partial charge in [0.25, 0.3) is 0 Å². The number of benzene rings is 2. The third-order valence-corrected chi connectivity index (χ3v) is 5.09. The van der Waals surface area contributed by atoms with Gasteiger partial charge in [-0.2, -0.15) is 0 Å². The summed E-state index contributed by atoms with van der Waals surface area (Å²) in [6.45, 7) is 8.69. The third kappa shape index (κ3) is 6.34. The minimum Gasteiger partial charge on any atom is -0.496 e. The van der Waals surface area contributed by atoms with Gasteiger partial charge in [-0.1, -0.05) is 50.2 Å². The van der Waals surface area contributed by atoms with E-state index in [4.69, 9.17) is 4.74 Å². The van der Waals surface area contributed by atoms with Gasteiger partial charge < -0.3 is 15.0 Å². The Hall–Kier alpha value is -2.82. The van der Waals surface area contributed by atoms with Gasteiger partial charge in [0.2, 0.25) is 11.8 Å². The van der Waals surface area contributed by atoms with Crippen LogP contribution in [0.4, 0.5) is 5.69 Å². The summed E-state index contributed by atoms with van der Waals surface area (Å²) in [5, 5.41) is 3.05. The molecule has 5 nitrogen and oxygen atoms in total. The highest BCUT2D eigenvalue weighted by Gasteiger charge is 2.15. The van der Waals surface area contributed by atoms with Gasteiger partial charge in [-0.15, -0.1) is 0 Å². The van der Waals surface area contributed by atoms with Gasteiger partial charge in [-0.05, 0) is 42.0 Å². The first-order chi connectivity index (χ1) is 13.8. The Morgan fingerprint density at radius 2 is 1.79 bits per heavy atom. The Morgan fingerprint density at radius 1 is 1.07 bits per heavy atom. The lowest BCUT2D eigenvalue weighted by Crippen LogP contribution is -2.34. The first-order valence-electron chi connectivity index (χ1n) is 10.1. The molecule has 0 aromatic heterocycles. The SMILES string of the molecule is COc1ccccc1CCN(CCC(=O)Nc1c(C)cccc1C(C)C)C(C)=O. The smallest absolute Gasteiger partial charge is 0.226 e. The topological polar surface area (TPSA) is 58.6 Å². The van der Waals surface area contributed by atoms with E-state index in [9.17, 15) is 9.59 Å². The van der Waals surface area contributed by atoms with Gasteiger partial charge in [0.15, 0.2) is 0 Å². The van der Waals surface area contributed by atoms with Gasteiger partial charge in [-0.3, -0.25) is 9.59 Å². The van der Waals surface area contributed by atoms with E-state index in [2.05, 4.69) is 19.2 Å². The lowest BCUT2D eigenvalue weighted by Gasteiger charge is -2.22. The zero-order valence-electron chi connectivity index (χ0n) is 18.1. The van der Waals surface area contributed by atoms with Crippen LogP contribution in [0, 0.1) is 6.92 Å². The van der Waals surface area contributed by atoms with Crippen molar-refractivity contribution < 1.29 is 14.3 Å². The monoisotopic (exact) mass is 396 g/mol. The van der Waals surface area contributed by atoms with Crippen molar-refractivity contribution in [3.63, 3.8) is 0 Å². The fourth-order valence-electron chi connectivity index (χ4n) is 3.37. The van der Waals surface area contributed by atoms with E-state index in [-0.39, 0.29) is 18.2 Å². The lowest BCUT2D eigenvalue weighted by molar-refractivity contribution is -0.129. The maximum Gasteiger partial charge on any atom is 0.226 e. The van der Waals surface area contributed by atoms with Crippen LogP contribution < -0.4 is 10.1 Å². The minimum atomic E-state index is -0.0789. The van der Waals surface area contributed by atoms with E-state index in [1.807, 2.05) is 49.4 Å². The number of anilines is 1. The second-order valence-corrected chi connectivity index (χ2v) is 7.56. The van der Waals surface area contributed by atoms with Crippen molar-refractivity contribution in [2.24, 2.45) is 0 Å². The van der Waals surface area contributed by atoms with Crippen LogP contribution in [0.5, 0.6) is 5.75 Å². The van der Waals surface area contributed by atoms with Crippen molar-refractivity contribution in [3.05, 3.63) is 59.2 Å². The van der Waals surface area contributed by atoms with E-state index in [0.717, 1.165) is 28.1 Å². The van der Waals surface area contributed by atoms with Crippen LogP contribution in [-0.2, 0) is 16.0 Å². The number of carbonyl (C=O) groups is 2. The van der Waals surface area contributed by atoms with Crippen LogP contribution in [0.3, 0.4) is 0 Å². The number of para-hydroxylation sites is 2. The molecule has 0 aliphatic carbocycles. The molecule has 0 aliphatic rings. The predicted octanol–water partition coefficient (Wildman–Crippen LogP) is 4.55. The molecular weight excluding hydrogens is 364 g/mol. The molecule has 2 aromatic carbocycles. The van der Waals surface area contributed by atoms with Gasteiger partial charge >= 0.3 is 0 Å². The van der Waals surface area contributed by atoms with E-state index < -0.39 is 0 Å². The molecule has 0 saturated carbocycles. The molecule has 2 rings (SSSR count). The van der Waals surface area contributed by atoms with Crippen LogP contribution in [0.15, 0.2) is 42.5 Å². The van der Waals surface area contributed by atoms with Crippen molar-refractivity contribution >= 4 is 17.5 Å². The van der Waals surface area contributed by atoms with E-state index in [1.165, 1.54) is 0 Å². The zero-order valence-corrected chi connectivity index (χ0v) is 18.1. The molecule has 0 radical (unpaired) electrons. The van der Waals surface area contributed by atoms with Crippen LogP contribution in [0.25, 0.3) is 0 Å². The second kappa shape index (κ2) is 10.6. The van der Waals surface area contributed by atoms with Gasteiger partial charge in [-0.25, -0.2) is 0 Å². The molecule has 1 N–H and O–H groups in total. The van der Waals surface area contributed by atoms with Crippen LogP contribution >= 0.6 is 0 Å². The summed E-state index contributed by atoms with van der Waals surface area (Å²) < 4.78 is 5.38. The molecule has 5 heteroatoms. The quantitative estimate of drug-likeness (QED) is 0.677. The highest BCUT2D eigenvalue weighted by molar-refractivity contribution is 5.92.